The Balaban J connectivity index is 2.01. The second kappa shape index (κ2) is 4.40. The van der Waals surface area contributed by atoms with Crippen molar-refractivity contribution in [3.63, 3.8) is 0 Å². The minimum Gasteiger partial charge on any atom is -0.378 e. The lowest BCUT2D eigenvalue weighted by atomic mass is 9.93. The van der Waals surface area contributed by atoms with Crippen LogP contribution < -0.4 is 5.32 Å². The quantitative estimate of drug-likeness (QED) is 0.708. The zero-order chi connectivity index (χ0) is 10.9. The molecule has 3 heteroatoms. The Labute approximate surface area is 93.2 Å². The van der Waals surface area contributed by atoms with Crippen LogP contribution in [0.1, 0.15) is 33.6 Å². The molecule has 0 saturated carbocycles. The molecule has 2 rings (SSSR count). The van der Waals surface area contributed by atoms with E-state index in [1.54, 1.807) is 0 Å². The Bertz CT molecular complexity index is 218. The molecule has 2 saturated heterocycles. The van der Waals surface area contributed by atoms with Crippen molar-refractivity contribution >= 4 is 0 Å². The molecule has 1 N–H and O–H groups in total. The van der Waals surface area contributed by atoms with Gasteiger partial charge in [-0.05, 0) is 33.6 Å². The molecule has 2 atom stereocenters. The highest BCUT2D eigenvalue weighted by molar-refractivity contribution is 4.93. The molecule has 88 valence electrons. The molecule has 0 bridgehead atoms. The summed E-state index contributed by atoms with van der Waals surface area (Å²) in [5.41, 5.74) is 0.306. The first kappa shape index (κ1) is 11.4. The van der Waals surface area contributed by atoms with Crippen molar-refractivity contribution in [2.24, 2.45) is 0 Å². The van der Waals surface area contributed by atoms with Gasteiger partial charge in [0.25, 0.3) is 0 Å². The van der Waals surface area contributed by atoms with Crippen molar-refractivity contribution < 1.29 is 4.74 Å². The number of nitrogens with zero attached hydrogens (tertiary/aromatic N) is 1. The van der Waals surface area contributed by atoms with Gasteiger partial charge in [0.2, 0.25) is 0 Å². The van der Waals surface area contributed by atoms with Crippen molar-refractivity contribution in [1.29, 1.82) is 0 Å². The summed E-state index contributed by atoms with van der Waals surface area (Å²) in [5, 5.41) is 3.48. The minimum atomic E-state index is 0.306. The van der Waals surface area contributed by atoms with E-state index in [0.717, 1.165) is 25.7 Å². The number of ether oxygens (including phenoxy) is 1. The van der Waals surface area contributed by atoms with Crippen LogP contribution in [0.3, 0.4) is 0 Å². The van der Waals surface area contributed by atoms with Gasteiger partial charge in [0, 0.05) is 37.8 Å². The summed E-state index contributed by atoms with van der Waals surface area (Å²) in [6.45, 7) is 11.3. The van der Waals surface area contributed by atoms with E-state index in [9.17, 15) is 0 Å². The zero-order valence-corrected chi connectivity index (χ0v) is 10.3. The molecule has 2 unspecified atom stereocenters. The number of hydrogen-bond donors (Lipinski definition) is 1. The molecular weight excluding hydrogens is 188 g/mol. The summed E-state index contributed by atoms with van der Waals surface area (Å²) >= 11 is 0. The van der Waals surface area contributed by atoms with E-state index < -0.39 is 0 Å². The standard InChI is InChI=1S/C12H24N2O/c1-10-8-11(4-7-15-10)14-6-5-13-9-12(14,2)3/h10-11,13H,4-9H2,1-3H3. The van der Waals surface area contributed by atoms with E-state index in [2.05, 4.69) is 31.0 Å². The van der Waals surface area contributed by atoms with Gasteiger partial charge in [-0.3, -0.25) is 4.90 Å². The lowest BCUT2D eigenvalue weighted by Gasteiger charge is -2.49. The van der Waals surface area contributed by atoms with Crippen LogP contribution >= 0.6 is 0 Å². The van der Waals surface area contributed by atoms with Crippen LogP contribution in [0.2, 0.25) is 0 Å². The molecule has 2 heterocycles. The first-order chi connectivity index (χ1) is 7.09. The zero-order valence-electron chi connectivity index (χ0n) is 10.3. The normalized spacial score (nSPS) is 37.8. The Hall–Kier alpha value is -0.120. The van der Waals surface area contributed by atoms with Gasteiger partial charge in [-0.15, -0.1) is 0 Å². The van der Waals surface area contributed by atoms with Crippen LogP contribution in [0.15, 0.2) is 0 Å². The summed E-state index contributed by atoms with van der Waals surface area (Å²) in [4.78, 5) is 2.68. The highest BCUT2D eigenvalue weighted by Gasteiger charge is 2.36. The summed E-state index contributed by atoms with van der Waals surface area (Å²) < 4.78 is 5.62. The van der Waals surface area contributed by atoms with E-state index in [1.165, 1.54) is 19.4 Å². The first-order valence-corrected chi connectivity index (χ1v) is 6.19. The maximum atomic E-state index is 5.62. The predicted octanol–water partition coefficient (Wildman–Crippen LogP) is 1.24. The third-order valence-electron chi connectivity index (χ3n) is 3.76. The molecule has 0 aliphatic carbocycles. The maximum Gasteiger partial charge on any atom is 0.0561 e. The summed E-state index contributed by atoms with van der Waals surface area (Å²) in [7, 11) is 0. The van der Waals surface area contributed by atoms with Gasteiger partial charge in [0.15, 0.2) is 0 Å². The summed E-state index contributed by atoms with van der Waals surface area (Å²) in [6.07, 6.45) is 2.84. The van der Waals surface area contributed by atoms with Crippen molar-refractivity contribution in [3.8, 4) is 0 Å². The van der Waals surface area contributed by atoms with Crippen molar-refractivity contribution in [2.45, 2.75) is 51.3 Å². The SMILES string of the molecule is CC1CC(N2CCNCC2(C)C)CCO1. The predicted molar refractivity (Wildman–Crippen MR) is 62.1 cm³/mol. The van der Waals surface area contributed by atoms with Crippen LogP contribution in [0.4, 0.5) is 0 Å². The van der Waals surface area contributed by atoms with Gasteiger partial charge < -0.3 is 10.1 Å². The number of hydrogen-bond acceptors (Lipinski definition) is 3. The van der Waals surface area contributed by atoms with Crippen LogP contribution in [-0.2, 0) is 4.74 Å². The molecular formula is C12H24N2O. The molecule has 0 spiro atoms. The summed E-state index contributed by atoms with van der Waals surface area (Å²) in [5.74, 6) is 0. The molecule has 2 aliphatic rings. The largest absolute Gasteiger partial charge is 0.378 e. The van der Waals surface area contributed by atoms with Crippen molar-refractivity contribution in [3.05, 3.63) is 0 Å². The third-order valence-corrected chi connectivity index (χ3v) is 3.76. The van der Waals surface area contributed by atoms with Gasteiger partial charge in [-0.25, -0.2) is 0 Å². The van der Waals surface area contributed by atoms with Crippen LogP contribution in [0.5, 0.6) is 0 Å². The van der Waals surface area contributed by atoms with Crippen LogP contribution in [0.25, 0.3) is 0 Å². The van der Waals surface area contributed by atoms with Crippen LogP contribution in [-0.4, -0.2) is 48.8 Å². The average Bonchev–Trinajstić information content (AvgIpc) is 2.17. The summed E-state index contributed by atoms with van der Waals surface area (Å²) in [6, 6.07) is 0.728. The van der Waals surface area contributed by atoms with Gasteiger partial charge in [0.1, 0.15) is 0 Å². The second-order valence-electron chi connectivity index (χ2n) is 5.54. The van der Waals surface area contributed by atoms with Crippen LogP contribution in [0, 0.1) is 0 Å². The Morgan fingerprint density at radius 3 is 2.87 bits per heavy atom. The second-order valence-corrected chi connectivity index (χ2v) is 5.54. The van der Waals surface area contributed by atoms with E-state index in [-0.39, 0.29) is 0 Å². The molecule has 0 radical (unpaired) electrons. The fourth-order valence-electron chi connectivity index (χ4n) is 2.93. The average molecular weight is 212 g/mol. The minimum absolute atomic E-state index is 0.306. The lowest BCUT2D eigenvalue weighted by Crippen LogP contribution is -2.62. The van der Waals surface area contributed by atoms with Gasteiger partial charge in [0.05, 0.1) is 6.10 Å². The maximum absolute atomic E-state index is 5.62. The molecule has 0 amide bonds. The van der Waals surface area contributed by atoms with E-state index in [0.29, 0.717) is 11.6 Å². The van der Waals surface area contributed by atoms with E-state index in [1.807, 2.05) is 0 Å². The molecule has 0 aromatic rings. The highest BCUT2D eigenvalue weighted by Crippen LogP contribution is 2.26. The topological polar surface area (TPSA) is 24.5 Å². The van der Waals surface area contributed by atoms with Gasteiger partial charge in [-0.2, -0.15) is 0 Å². The smallest absolute Gasteiger partial charge is 0.0561 e. The molecule has 3 nitrogen and oxygen atoms in total. The molecule has 0 aromatic heterocycles. The van der Waals surface area contributed by atoms with E-state index >= 15 is 0 Å². The Morgan fingerprint density at radius 2 is 2.20 bits per heavy atom. The van der Waals surface area contributed by atoms with Gasteiger partial charge >= 0.3 is 0 Å². The molecule has 15 heavy (non-hydrogen) atoms. The Morgan fingerprint density at radius 1 is 1.40 bits per heavy atom. The highest BCUT2D eigenvalue weighted by atomic mass is 16.5. The molecule has 2 fully saturated rings. The van der Waals surface area contributed by atoms with Gasteiger partial charge in [-0.1, -0.05) is 0 Å². The Kier molecular flexibility index (Phi) is 3.33. The number of rotatable bonds is 1. The number of nitrogens with one attached hydrogen (secondary N) is 1. The van der Waals surface area contributed by atoms with Crippen molar-refractivity contribution in [2.75, 3.05) is 26.2 Å². The molecule has 2 aliphatic heterocycles. The fraction of sp³-hybridized carbons (Fsp3) is 1.00. The fourth-order valence-corrected chi connectivity index (χ4v) is 2.93. The lowest BCUT2D eigenvalue weighted by molar-refractivity contribution is -0.0504. The first-order valence-electron chi connectivity index (χ1n) is 6.19. The van der Waals surface area contributed by atoms with E-state index in [4.69, 9.17) is 4.74 Å². The third kappa shape index (κ3) is 2.52. The number of piperazine rings is 1. The van der Waals surface area contributed by atoms with Crippen molar-refractivity contribution in [1.82, 2.24) is 10.2 Å². The molecule has 0 aromatic carbocycles. The monoisotopic (exact) mass is 212 g/mol.